The lowest BCUT2D eigenvalue weighted by Gasteiger charge is -2.23. The molecule has 1 aliphatic rings. The highest BCUT2D eigenvalue weighted by atomic mass is 19.1. The van der Waals surface area contributed by atoms with Gasteiger partial charge in [0.1, 0.15) is 17.5 Å². The van der Waals surface area contributed by atoms with E-state index >= 15 is 0 Å². The third kappa shape index (κ3) is 4.05. The van der Waals surface area contributed by atoms with Crippen molar-refractivity contribution in [1.82, 2.24) is 14.5 Å². The van der Waals surface area contributed by atoms with E-state index in [0.29, 0.717) is 18.7 Å². The molecule has 0 atom stereocenters. The van der Waals surface area contributed by atoms with Crippen molar-refractivity contribution < 1.29 is 13.6 Å². The summed E-state index contributed by atoms with van der Waals surface area (Å²) in [6.45, 7) is 0.847. The summed E-state index contributed by atoms with van der Waals surface area (Å²) in [7, 11) is 0. The number of hydrogen-bond acceptors (Lipinski definition) is 2. The molecular weight excluding hydrogens is 348 g/mol. The van der Waals surface area contributed by atoms with Gasteiger partial charge in [0, 0.05) is 30.5 Å². The number of amides is 1. The van der Waals surface area contributed by atoms with Crippen molar-refractivity contribution in [2.75, 3.05) is 0 Å². The lowest BCUT2D eigenvalue weighted by atomic mass is 10.2. The Morgan fingerprint density at radius 3 is 2.59 bits per heavy atom. The minimum absolute atomic E-state index is 0.127. The maximum absolute atomic E-state index is 13.4. The lowest BCUT2D eigenvalue weighted by molar-refractivity contribution is 0.0723. The first-order valence-electron chi connectivity index (χ1n) is 8.91. The maximum Gasteiger partial charge on any atom is 0.254 e. The molecule has 27 heavy (non-hydrogen) atoms. The van der Waals surface area contributed by atoms with E-state index in [4.69, 9.17) is 0 Å². The molecule has 1 amide bonds. The van der Waals surface area contributed by atoms with Crippen molar-refractivity contribution in [2.24, 2.45) is 0 Å². The summed E-state index contributed by atoms with van der Waals surface area (Å²) in [4.78, 5) is 19.1. The fraction of sp³-hybridized carbons (Fsp3) is 0.238. The van der Waals surface area contributed by atoms with Crippen molar-refractivity contribution in [3.8, 4) is 0 Å². The van der Waals surface area contributed by atoms with Crippen molar-refractivity contribution in [3.05, 3.63) is 89.5 Å². The molecule has 0 spiro atoms. The minimum atomic E-state index is -0.366. The van der Waals surface area contributed by atoms with E-state index < -0.39 is 0 Å². The third-order valence-corrected chi connectivity index (χ3v) is 4.70. The minimum Gasteiger partial charge on any atom is -0.329 e. The Labute approximate surface area is 156 Å². The second kappa shape index (κ2) is 7.31. The number of benzene rings is 2. The topological polar surface area (TPSA) is 38.1 Å². The van der Waals surface area contributed by atoms with E-state index in [9.17, 15) is 13.6 Å². The average molecular weight is 367 g/mol. The van der Waals surface area contributed by atoms with E-state index in [1.54, 1.807) is 17.2 Å². The van der Waals surface area contributed by atoms with Gasteiger partial charge in [-0.25, -0.2) is 13.8 Å². The number of carbonyl (C=O) groups excluding carboxylic acids is 1. The molecule has 1 heterocycles. The van der Waals surface area contributed by atoms with Crippen LogP contribution in [-0.2, 0) is 13.1 Å². The van der Waals surface area contributed by atoms with Crippen LogP contribution in [0.3, 0.4) is 0 Å². The Balaban J connectivity index is 1.54. The largest absolute Gasteiger partial charge is 0.329 e. The van der Waals surface area contributed by atoms with Gasteiger partial charge in [0.25, 0.3) is 5.91 Å². The molecule has 2 aromatic carbocycles. The van der Waals surface area contributed by atoms with E-state index in [1.165, 1.54) is 36.4 Å². The van der Waals surface area contributed by atoms with Gasteiger partial charge in [-0.15, -0.1) is 0 Å². The first kappa shape index (κ1) is 17.4. The molecule has 0 saturated heterocycles. The van der Waals surface area contributed by atoms with Crippen LogP contribution in [0, 0.1) is 11.6 Å². The zero-order chi connectivity index (χ0) is 18.8. The first-order chi connectivity index (χ1) is 13.1. The van der Waals surface area contributed by atoms with Gasteiger partial charge in [0.05, 0.1) is 6.54 Å². The van der Waals surface area contributed by atoms with E-state index in [2.05, 4.69) is 4.98 Å². The summed E-state index contributed by atoms with van der Waals surface area (Å²) < 4.78 is 28.5. The number of hydrogen-bond donors (Lipinski definition) is 0. The zero-order valence-electron chi connectivity index (χ0n) is 14.7. The van der Waals surface area contributed by atoms with Gasteiger partial charge >= 0.3 is 0 Å². The van der Waals surface area contributed by atoms with Gasteiger partial charge in [-0.3, -0.25) is 4.79 Å². The van der Waals surface area contributed by atoms with Crippen LogP contribution in [0.5, 0.6) is 0 Å². The predicted octanol–water partition coefficient (Wildman–Crippen LogP) is 4.01. The molecule has 0 N–H and O–H groups in total. The smallest absolute Gasteiger partial charge is 0.254 e. The van der Waals surface area contributed by atoms with Crippen LogP contribution in [0.15, 0.2) is 60.9 Å². The summed E-state index contributed by atoms with van der Waals surface area (Å²) in [5.74, 6) is -0.0325. The van der Waals surface area contributed by atoms with Crippen molar-refractivity contribution in [1.29, 1.82) is 0 Å². The predicted molar refractivity (Wildman–Crippen MR) is 97.0 cm³/mol. The number of rotatable bonds is 6. The molecule has 1 fully saturated rings. The second-order valence-corrected chi connectivity index (χ2v) is 6.77. The second-order valence-electron chi connectivity index (χ2n) is 6.77. The Bertz CT molecular complexity index is 948. The van der Waals surface area contributed by atoms with Crippen LogP contribution in [0.25, 0.3) is 0 Å². The van der Waals surface area contributed by atoms with Crippen molar-refractivity contribution in [3.63, 3.8) is 0 Å². The quantitative estimate of drug-likeness (QED) is 0.660. The number of halogens is 2. The molecule has 4 rings (SSSR count). The van der Waals surface area contributed by atoms with Crippen LogP contribution in [0.4, 0.5) is 8.78 Å². The zero-order valence-corrected chi connectivity index (χ0v) is 14.7. The van der Waals surface area contributed by atoms with Crippen LogP contribution in [0.2, 0.25) is 0 Å². The Morgan fingerprint density at radius 1 is 1.11 bits per heavy atom. The molecule has 0 aliphatic heterocycles. The van der Waals surface area contributed by atoms with Crippen LogP contribution in [-0.4, -0.2) is 26.4 Å². The fourth-order valence-corrected chi connectivity index (χ4v) is 3.13. The van der Waals surface area contributed by atoms with Crippen LogP contribution >= 0.6 is 0 Å². The summed E-state index contributed by atoms with van der Waals surface area (Å²) in [5, 5.41) is 0. The van der Waals surface area contributed by atoms with Gasteiger partial charge in [0.2, 0.25) is 0 Å². The van der Waals surface area contributed by atoms with Gasteiger partial charge in [-0.2, -0.15) is 0 Å². The lowest BCUT2D eigenvalue weighted by Crippen LogP contribution is -2.33. The van der Waals surface area contributed by atoms with Crippen molar-refractivity contribution in [2.45, 2.75) is 32.0 Å². The van der Waals surface area contributed by atoms with Gasteiger partial charge in [-0.05, 0) is 54.8 Å². The van der Waals surface area contributed by atoms with Crippen LogP contribution in [0.1, 0.15) is 34.6 Å². The number of imidazole rings is 1. The highest BCUT2D eigenvalue weighted by Crippen LogP contribution is 2.29. The summed E-state index contributed by atoms with van der Waals surface area (Å²) in [6, 6.07) is 12.2. The van der Waals surface area contributed by atoms with E-state index in [1.807, 2.05) is 16.8 Å². The summed E-state index contributed by atoms with van der Waals surface area (Å²) >= 11 is 0. The number of aromatic nitrogens is 2. The number of nitrogens with zero attached hydrogens (tertiary/aromatic N) is 3. The molecule has 0 bridgehead atoms. The molecule has 0 radical (unpaired) electrons. The third-order valence-electron chi connectivity index (χ3n) is 4.70. The molecule has 0 unspecified atom stereocenters. The van der Waals surface area contributed by atoms with E-state index in [-0.39, 0.29) is 23.6 Å². The SMILES string of the molecule is O=C(c1ccc(F)cc1)N(Cc1nccn1Cc1cccc(F)c1)C1CC1. The molecule has 1 aromatic heterocycles. The molecular formula is C21H19F2N3O. The van der Waals surface area contributed by atoms with Crippen LogP contribution < -0.4 is 0 Å². The Hall–Kier alpha value is -3.02. The molecule has 1 aliphatic carbocycles. The monoisotopic (exact) mass is 367 g/mol. The summed E-state index contributed by atoms with van der Waals surface area (Å²) in [6.07, 6.45) is 5.42. The normalized spacial score (nSPS) is 13.6. The maximum atomic E-state index is 13.4. The molecule has 4 nitrogen and oxygen atoms in total. The standard InChI is InChI=1S/C21H19F2N3O/c22-17-6-4-16(5-7-17)21(27)26(19-8-9-19)14-20-24-10-11-25(20)13-15-2-1-3-18(23)12-15/h1-7,10-12,19H,8-9,13-14H2. The average Bonchev–Trinajstić information content (AvgIpc) is 3.41. The van der Waals surface area contributed by atoms with Gasteiger partial charge < -0.3 is 9.47 Å². The highest BCUT2D eigenvalue weighted by molar-refractivity contribution is 5.94. The molecule has 1 saturated carbocycles. The Kier molecular flexibility index (Phi) is 4.71. The number of carbonyl (C=O) groups is 1. The fourth-order valence-electron chi connectivity index (χ4n) is 3.13. The highest BCUT2D eigenvalue weighted by Gasteiger charge is 2.33. The molecule has 3 aromatic rings. The van der Waals surface area contributed by atoms with E-state index in [0.717, 1.165) is 24.2 Å². The van der Waals surface area contributed by atoms with Crippen molar-refractivity contribution >= 4 is 5.91 Å². The first-order valence-corrected chi connectivity index (χ1v) is 8.91. The molecule has 6 heteroatoms. The van der Waals surface area contributed by atoms with Gasteiger partial charge in [-0.1, -0.05) is 12.1 Å². The summed E-state index contributed by atoms with van der Waals surface area (Å²) in [5.41, 5.74) is 1.30. The Morgan fingerprint density at radius 2 is 1.89 bits per heavy atom. The van der Waals surface area contributed by atoms with Gasteiger partial charge in [0.15, 0.2) is 0 Å². The molecule has 138 valence electrons.